The van der Waals surface area contributed by atoms with E-state index in [1.807, 2.05) is 32.0 Å². The minimum atomic E-state index is -4.66. The van der Waals surface area contributed by atoms with E-state index in [2.05, 4.69) is 0 Å². The second-order valence-electron chi connectivity index (χ2n) is 6.19. The van der Waals surface area contributed by atoms with Gasteiger partial charge in [-0.05, 0) is 31.0 Å². The Hall–Kier alpha value is -2.28. The summed E-state index contributed by atoms with van der Waals surface area (Å²) in [7, 11) is 1.53. The number of alkyl halides is 3. The van der Waals surface area contributed by atoms with E-state index in [4.69, 9.17) is 11.6 Å². The first kappa shape index (κ1) is 20.0. The molecule has 0 unspecified atom stereocenters. The van der Waals surface area contributed by atoms with Crippen LogP contribution in [0.2, 0.25) is 5.02 Å². The van der Waals surface area contributed by atoms with Gasteiger partial charge in [0.15, 0.2) is 0 Å². The van der Waals surface area contributed by atoms with Gasteiger partial charge in [0.25, 0.3) is 5.56 Å². The van der Waals surface area contributed by atoms with E-state index in [1.54, 1.807) is 0 Å². The average Bonchev–Trinajstić information content (AvgIpc) is 2.53. The molecule has 0 atom stereocenters. The lowest BCUT2D eigenvalue weighted by atomic mass is 10.1. The van der Waals surface area contributed by atoms with Crippen molar-refractivity contribution in [2.45, 2.75) is 33.1 Å². The second-order valence-corrected chi connectivity index (χ2v) is 6.59. The summed E-state index contributed by atoms with van der Waals surface area (Å²) in [6.45, 7) is 3.63. The minimum Gasteiger partial charge on any atom is -0.340 e. The molecule has 1 heterocycles. The zero-order valence-corrected chi connectivity index (χ0v) is 15.3. The SMILES string of the molecule is Cc1ccc(CN(C)C(=O)Cn2cc(C(F)(F)F)cc(Cl)c2=O)c(C)c1. The molecule has 0 N–H and O–H groups in total. The standard InChI is InChI=1S/C18H18ClF3N2O2/c1-11-4-5-13(12(2)6-11)8-23(3)16(25)10-24-9-14(18(20,21)22)7-15(19)17(24)26/h4-7,9H,8,10H2,1-3H3. The van der Waals surface area contributed by atoms with Gasteiger partial charge in [-0.2, -0.15) is 13.2 Å². The maximum atomic E-state index is 12.9. The number of rotatable bonds is 4. The van der Waals surface area contributed by atoms with Gasteiger partial charge >= 0.3 is 6.18 Å². The Bertz CT molecular complexity index is 891. The predicted molar refractivity (Wildman–Crippen MR) is 93.1 cm³/mol. The largest absolute Gasteiger partial charge is 0.417 e. The quantitative estimate of drug-likeness (QED) is 0.802. The molecular weight excluding hydrogens is 369 g/mol. The van der Waals surface area contributed by atoms with Crippen molar-refractivity contribution in [1.29, 1.82) is 0 Å². The normalized spacial score (nSPS) is 11.5. The van der Waals surface area contributed by atoms with Crippen LogP contribution >= 0.6 is 11.6 Å². The van der Waals surface area contributed by atoms with Gasteiger partial charge in [-0.3, -0.25) is 9.59 Å². The number of aryl methyl sites for hydroxylation is 2. The Balaban J connectivity index is 2.21. The van der Waals surface area contributed by atoms with Crippen molar-refractivity contribution in [1.82, 2.24) is 9.47 Å². The second kappa shape index (κ2) is 7.53. The molecule has 8 heteroatoms. The van der Waals surface area contributed by atoms with Crippen LogP contribution in [0.25, 0.3) is 0 Å². The van der Waals surface area contributed by atoms with Crippen molar-refractivity contribution < 1.29 is 18.0 Å². The lowest BCUT2D eigenvalue weighted by Crippen LogP contribution is -2.34. The molecule has 0 fully saturated rings. The number of carbonyl (C=O) groups is 1. The third-order valence-corrected chi connectivity index (χ3v) is 4.28. The number of likely N-dealkylation sites (N-methyl/N-ethyl adjacent to an activating group) is 1. The summed E-state index contributed by atoms with van der Waals surface area (Å²) in [5.41, 5.74) is 1.09. The molecule has 0 aliphatic rings. The van der Waals surface area contributed by atoms with Gasteiger partial charge in [0, 0.05) is 19.8 Å². The number of amides is 1. The highest BCUT2D eigenvalue weighted by Crippen LogP contribution is 2.29. The molecule has 1 amide bonds. The van der Waals surface area contributed by atoms with E-state index in [1.165, 1.54) is 11.9 Å². The zero-order valence-electron chi connectivity index (χ0n) is 14.5. The smallest absolute Gasteiger partial charge is 0.340 e. The van der Waals surface area contributed by atoms with Crippen molar-refractivity contribution in [3.8, 4) is 0 Å². The molecule has 0 aliphatic heterocycles. The number of hydrogen-bond acceptors (Lipinski definition) is 2. The summed E-state index contributed by atoms with van der Waals surface area (Å²) in [6, 6.07) is 6.34. The van der Waals surface area contributed by atoms with Crippen LogP contribution in [-0.2, 0) is 24.1 Å². The number of pyridine rings is 1. The molecule has 140 valence electrons. The van der Waals surface area contributed by atoms with Gasteiger partial charge in [0.05, 0.1) is 5.56 Å². The van der Waals surface area contributed by atoms with E-state index in [9.17, 15) is 22.8 Å². The first-order valence-electron chi connectivity index (χ1n) is 7.76. The fourth-order valence-electron chi connectivity index (χ4n) is 2.51. The van der Waals surface area contributed by atoms with Gasteiger partial charge in [0.1, 0.15) is 11.6 Å². The Labute approximate surface area is 153 Å². The topological polar surface area (TPSA) is 42.3 Å². The van der Waals surface area contributed by atoms with Crippen LogP contribution in [0.4, 0.5) is 13.2 Å². The van der Waals surface area contributed by atoms with Crippen molar-refractivity contribution in [3.63, 3.8) is 0 Å². The molecule has 0 saturated heterocycles. The van der Waals surface area contributed by atoms with Crippen molar-refractivity contribution in [2.75, 3.05) is 7.05 Å². The summed E-state index contributed by atoms with van der Waals surface area (Å²) >= 11 is 5.60. The molecule has 0 radical (unpaired) electrons. The van der Waals surface area contributed by atoms with Crippen LogP contribution in [0.15, 0.2) is 35.3 Å². The maximum absolute atomic E-state index is 12.9. The molecule has 4 nitrogen and oxygen atoms in total. The van der Waals surface area contributed by atoms with Gasteiger partial charge in [0.2, 0.25) is 5.91 Å². The molecule has 0 spiro atoms. The number of hydrogen-bond donors (Lipinski definition) is 0. The highest BCUT2D eigenvalue weighted by Gasteiger charge is 2.32. The summed E-state index contributed by atoms with van der Waals surface area (Å²) in [4.78, 5) is 25.7. The third kappa shape index (κ3) is 4.66. The van der Waals surface area contributed by atoms with Crippen molar-refractivity contribution in [2.24, 2.45) is 0 Å². The minimum absolute atomic E-state index is 0.284. The molecule has 1 aromatic carbocycles. The van der Waals surface area contributed by atoms with Gasteiger partial charge in [-0.1, -0.05) is 35.4 Å². The first-order valence-corrected chi connectivity index (χ1v) is 8.14. The molecule has 0 aliphatic carbocycles. The molecule has 26 heavy (non-hydrogen) atoms. The Morgan fingerprint density at radius 1 is 1.23 bits per heavy atom. The third-order valence-electron chi connectivity index (χ3n) is 4.01. The highest BCUT2D eigenvalue weighted by atomic mass is 35.5. The predicted octanol–water partition coefficient (Wildman–Crippen LogP) is 3.80. The fraction of sp³-hybridized carbons (Fsp3) is 0.333. The number of benzene rings is 1. The lowest BCUT2D eigenvalue weighted by molar-refractivity contribution is -0.138. The number of carbonyl (C=O) groups excluding carboxylic acids is 1. The van der Waals surface area contributed by atoms with E-state index >= 15 is 0 Å². The number of halogens is 4. The molecule has 1 aromatic heterocycles. The van der Waals surface area contributed by atoms with Gasteiger partial charge < -0.3 is 9.47 Å². The summed E-state index contributed by atoms with van der Waals surface area (Å²) in [5.74, 6) is -0.498. The van der Waals surface area contributed by atoms with Crippen LogP contribution in [-0.4, -0.2) is 22.4 Å². The molecule has 2 aromatic rings. The average molecular weight is 387 g/mol. The number of aromatic nitrogens is 1. The Morgan fingerprint density at radius 2 is 1.88 bits per heavy atom. The summed E-state index contributed by atoms with van der Waals surface area (Å²) in [5, 5.41) is -0.579. The van der Waals surface area contributed by atoms with Crippen molar-refractivity contribution >= 4 is 17.5 Å². The van der Waals surface area contributed by atoms with Crippen molar-refractivity contribution in [3.05, 3.63) is 68.1 Å². The van der Waals surface area contributed by atoms with Crippen LogP contribution in [0.3, 0.4) is 0 Å². The van der Waals surface area contributed by atoms with Crippen LogP contribution in [0.1, 0.15) is 22.3 Å². The highest BCUT2D eigenvalue weighted by molar-refractivity contribution is 6.30. The fourth-order valence-corrected chi connectivity index (χ4v) is 2.73. The Kier molecular flexibility index (Phi) is 5.81. The molecule has 0 bridgehead atoms. The van der Waals surface area contributed by atoms with E-state index in [0.29, 0.717) is 16.8 Å². The molecular formula is C18H18ClF3N2O2. The van der Waals surface area contributed by atoms with E-state index in [-0.39, 0.29) is 6.54 Å². The first-order chi connectivity index (χ1) is 12.0. The summed E-state index contributed by atoms with van der Waals surface area (Å²) < 4.78 is 39.3. The van der Waals surface area contributed by atoms with Gasteiger partial charge in [-0.25, -0.2) is 0 Å². The molecule has 0 saturated carbocycles. The molecule has 2 rings (SSSR count). The maximum Gasteiger partial charge on any atom is 0.417 e. The Morgan fingerprint density at radius 3 is 2.46 bits per heavy atom. The van der Waals surface area contributed by atoms with Crippen LogP contribution in [0, 0.1) is 13.8 Å². The van der Waals surface area contributed by atoms with Crippen LogP contribution in [0.5, 0.6) is 0 Å². The van der Waals surface area contributed by atoms with E-state index in [0.717, 1.165) is 16.7 Å². The lowest BCUT2D eigenvalue weighted by Gasteiger charge is -2.20. The van der Waals surface area contributed by atoms with Gasteiger partial charge in [-0.15, -0.1) is 0 Å². The monoisotopic (exact) mass is 386 g/mol. The zero-order chi connectivity index (χ0) is 19.6. The van der Waals surface area contributed by atoms with Crippen LogP contribution < -0.4 is 5.56 Å². The number of nitrogens with zero attached hydrogens (tertiary/aromatic N) is 2. The summed E-state index contributed by atoms with van der Waals surface area (Å²) in [6.07, 6.45) is -4.05. The van der Waals surface area contributed by atoms with E-state index < -0.39 is 34.8 Å².